The van der Waals surface area contributed by atoms with Crippen LogP contribution in [0.15, 0.2) is 30.3 Å². The van der Waals surface area contributed by atoms with Crippen molar-refractivity contribution in [3.63, 3.8) is 0 Å². The largest absolute Gasteiger partial charge is 0.393 e. The van der Waals surface area contributed by atoms with Gasteiger partial charge in [0.2, 0.25) is 0 Å². The van der Waals surface area contributed by atoms with E-state index in [1.807, 2.05) is 6.07 Å². The van der Waals surface area contributed by atoms with Crippen LogP contribution in [0.1, 0.15) is 24.8 Å². The third kappa shape index (κ3) is 1.14. The van der Waals surface area contributed by atoms with Crippen molar-refractivity contribution in [1.82, 2.24) is 0 Å². The molecule has 0 heterocycles. The first-order valence-electron chi connectivity index (χ1n) is 4.52. The first kappa shape index (κ1) is 7.81. The van der Waals surface area contributed by atoms with Crippen LogP contribution in [0.2, 0.25) is 0 Å². The number of aliphatic hydroxyl groups excluding tert-OH is 1. The van der Waals surface area contributed by atoms with Gasteiger partial charge in [-0.2, -0.15) is 0 Å². The highest BCUT2D eigenvalue weighted by molar-refractivity contribution is 5.23. The van der Waals surface area contributed by atoms with Crippen LogP contribution in [0, 0.1) is 5.92 Å². The summed E-state index contributed by atoms with van der Waals surface area (Å²) >= 11 is 0. The van der Waals surface area contributed by atoms with Gasteiger partial charge in [-0.05, 0) is 23.8 Å². The summed E-state index contributed by atoms with van der Waals surface area (Å²) in [6.07, 6.45) is 0.862. The van der Waals surface area contributed by atoms with Crippen molar-refractivity contribution in [1.29, 1.82) is 0 Å². The Balaban J connectivity index is 2.13. The standard InChI is InChI=1S/C11H14O/c1-8-10(7-11(8)12)9-5-3-2-4-6-9/h2-6,8,10-12H,7H2,1H3. The third-order valence-corrected chi connectivity index (χ3v) is 2.96. The van der Waals surface area contributed by atoms with E-state index in [1.54, 1.807) is 0 Å². The quantitative estimate of drug-likeness (QED) is 0.671. The molecule has 1 aliphatic carbocycles. The van der Waals surface area contributed by atoms with Gasteiger partial charge in [0.1, 0.15) is 0 Å². The van der Waals surface area contributed by atoms with Crippen molar-refractivity contribution >= 4 is 0 Å². The first-order valence-corrected chi connectivity index (χ1v) is 4.52. The summed E-state index contributed by atoms with van der Waals surface area (Å²) in [4.78, 5) is 0. The molecule has 1 aromatic rings. The molecule has 2 rings (SSSR count). The van der Waals surface area contributed by atoms with Gasteiger partial charge in [0.15, 0.2) is 0 Å². The third-order valence-electron chi connectivity index (χ3n) is 2.96. The Labute approximate surface area is 73.0 Å². The predicted molar refractivity (Wildman–Crippen MR) is 49.0 cm³/mol. The van der Waals surface area contributed by atoms with Gasteiger partial charge >= 0.3 is 0 Å². The minimum absolute atomic E-state index is 0.0739. The molecule has 64 valence electrons. The smallest absolute Gasteiger partial charge is 0.0577 e. The average molecular weight is 162 g/mol. The fourth-order valence-electron chi connectivity index (χ4n) is 1.90. The van der Waals surface area contributed by atoms with E-state index in [2.05, 4.69) is 31.2 Å². The molecule has 1 aromatic carbocycles. The normalized spacial score (nSPS) is 34.3. The van der Waals surface area contributed by atoms with Gasteiger partial charge in [0, 0.05) is 0 Å². The van der Waals surface area contributed by atoms with E-state index in [0.29, 0.717) is 11.8 Å². The number of rotatable bonds is 1. The fraction of sp³-hybridized carbons (Fsp3) is 0.455. The monoisotopic (exact) mass is 162 g/mol. The maximum atomic E-state index is 9.35. The highest BCUT2D eigenvalue weighted by atomic mass is 16.3. The lowest BCUT2D eigenvalue weighted by Crippen LogP contribution is -2.37. The molecule has 3 unspecified atom stereocenters. The summed E-state index contributed by atoms with van der Waals surface area (Å²) in [6.45, 7) is 2.12. The summed E-state index contributed by atoms with van der Waals surface area (Å²) in [5.74, 6) is 1.02. The van der Waals surface area contributed by atoms with Crippen LogP contribution in [-0.4, -0.2) is 11.2 Å². The molecular formula is C11H14O. The van der Waals surface area contributed by atoms with Gasteiger partial charge in [-0.1, -0.05) is 37.3 Å². The van der Waals surface area contributed by atoms with Crippen molar-refractivity contribution < 1.29 is 5.11 Å². The topological polar surface area (TPSA) is 20.2 Å². The molecule has 1 N–H and O–H groups in total. The van der Waals surface area contributed by atoms with Gasteiger partial charge in [-0.3, -0.25) is 0 Å². The number of hydrogen-bond donors (Lipinski definition) is 1. The Morgan fingerprint density at radius 1 is 1.25 bits per heavy atom. The molecule has 1 nitrogen and oxygen atoms in total. The van der Waals surface area contributed by atoms with Crippen LogP contribution >= 0.6 is 0 Å². The number of aliphatic hydroxyl groups is 1. The van der Waals surface area contributed by atoms with Crippen molar-refractivity contribution in [2.45, 2.75) is 25.4 Å². The molecule has 12 heavy (non-hydrogen) atoms. The van der Waals surface area contributed by atoms with E-state index < -0.39 is 0 Å². The zero-order chi connectivity index (χ0) is 8.55. The van der Waals surface area contributed by atoms with Crippen molar-refractivity contribution in [3.8, 4) is 0 Å². The molecule has 1 saturated carbocycles. The van der Waals surface area contributed by atoms with Crippen molar-refractivity contribution in [2.75, 3.05) is 0 Å². The molecule has 0 saturated heterocycles. The summed E-state index contributed by atoms with van der Waals surface area (Å²) in [6, 6.07) is 10.4. The maximum absolute atomic E-state index is 9.35. The Hall–Kier alpha value is -0.820. The van der Waals surface area contributed by atoms with E-state index in [4.69, 9.17) is 0 Å². The lowest BCUT2D eigenvalue weighted by molar-refractivity contribution is 0.0117. The van der Waals surface area contributed by atoms with E-state index in [9.17, 15) is 5.11 Å². The second-order valence-electron chi connectivity index (χ2n) is 3.68. The summed E-state index contributed by atoms with van der Waals surface area (Å²) in [7, 11) is 0. The van der Waals surface area contributed by atoms with Crippen LogP contribution in [0.3, 0.4) is 0 Å². The molecule has 0 amide bonds. The van der Waals surface area contributed by atoms with Crippen LogP contribution < -0.4 is 0 Å². The fourth-order valence-corrected chi connectivity index (χ4v) is 1.90. The van der Waals surface area contributed by atoms with Gasteiger partial charge in [0.05, 0.1) is 6.10 Å². The molecule has 0 radical (unpaired) electrons. The number of benzene rings is 1. The zero-order valence-corrected chi connectivity index (χ0v) is 7.27. The molecule has 0 aliphatic heterocycles. The van der Waals surface area contributed by atoms with E-state index in [1.165, 1.54) is 5.56 Å². The zero-order valence-electron chi connectivity index (χ0n) is 7.27. The highest BCUT2D eigenvalue weighted by Gasteiger charge is 2.36. The Morgan fingerprint density at radius 3 is 2.42 bits per heavy atom. The van der Waals surface area contributed by atoms with Gasteiger partial charge < -0.3 is 5.11 Å². The van der Waals surface area contributed by atoms with E-state index >= 15 is 0 Å². The average Bonchev–Trinajstić information content (AvgIpc) is 2.15. The molecular weight excluding hydrogens is 148 g/mol. The van der Waals surface area contributed by atoms with Crippen molar-refractivity contribution in [3.05, 3.63) is 35.9 Å². The minimum Gasteiger partial charge on any atom is -0.393 e. The second kappa shape index (κ2) is 2.91. The van der Waals surface area contributed by atoms with E-state index in [0.717, 1.165) is 6.42 Å². The molecule has 0 aromatic heterocycles. The van der Waals surface area contributed by atoms with Gasteiger partial charge in [-0.25, -0.2) is 0 Å². The Morgan fingerprint density at radius 2 is 1.92 bits per heavy atom. The molecule has 0 spiro atoms. The Bertz CT molecular complexity index is 255. The van der Waals surface area contributed by atoms with Crippen LogP contribution in [0.4, 0.5) is 0 Å². The Kier molecular flexibility index (Phi) is 1.89. The minimum atomic E-state index is -0.0739. The van der Waals surface area contributed by atoms with Gasteiger partial charge in [-0.15, -0.1) is 0 Å². The lowest BCUT2D eigenvalue weighted by atomic mass is 9.69. The number of hydrogen-bond acceptors (Lipinski definition) is 1. The van der Waals surface area contributed by atoms with Crippen molar-refractivity contribution in [2.24, 2.45) is 5.92 Å². The summed E-state index contributed by atoms with van der Waals surface area (Å²) < 4.78 is 0. The van der Waals surface area contributed by atoms with Gasteiger partial charge in [0.25, 0.3) is 0 Å². The second-order valence-corrected chi connectivity index (χ2v) is 3.68. The first-order chi connectivity index (χ1) is 5.79. The summed E-state index contributed by atoms with van der Waals surface area (Å²) in [5.41, 5.74) is 1.37. The summed E-state index contributed by atoms with van der Waals surface area (Å²) in [5, 5.41) is 9.35. The molecule has 1 fully saturated rings. The van der Waals surface area contributed by atoms with E-state index in [-0.39, 0.29) is 6.10 Å². The molecule has 0 bridgehead atoms. The van der Waals surface area contributed by atoms with Crippen LogP contribution in [-0.2, 0) is 0 Å². The molecule has 1 aliphatic rings. The maximum Gasteiger partial charge on any atom is 0.0577 e. The highest BCUT2D eigenvalue weighted by Crippen LogP contribution is 2.41. The lowest BCUT2D eigenvalue weighted by Gasteiger charge is -2.39. The SMILES string of the molecule is CC1C(O)CC1c1ccccc1. The van der Waals surface area contributed by atoms with Crippen LogP contribution in [0.25, 0.3) is 0 Å². The predicted octanol–water partition coefficient (Wildman–Crippen LogP) is 2.17. The van der Waals surface area contributed by atoms with Crippen LogP contribution in [0.5, 0.6) is 0 Å². The molecule has 1 heteroatoms. The molecule has 3 atom stereocenters.